The van der Waals surface area contributed by atoms with Crippen molar-refractivity contribution in [3.05, 3.63) is 52.6 Å². The summed E-state index contributed by atoms with van der Waals surface area (Å²) in [4.78, 5) is 14.3. The van der Waals surface area contributed by atoms with Gasteiger partial charge >= 0.3 is 0 Å². The Bertz CT molecular complexity index is 1070. The number of carbonyl (C=O) groups is 1. The van der Waals surface area contributed by atoms with Crippen LogP contribution in [-0.4, -0.2) is 30.6 Å². The molecule has 0 aromatic heterocycles. The van der Waals surface area contributed by atoms with Crippen molar-refractivity contribution >= 4 is 11.5 Å². The predicted molar refractivity (Wildman–Crippen MR) is 129 cm³/mol. The Balaban J connectivity index is 1.67. The highest BCUT2D eigenvalue weighted by molar-refractivity contribution is 5.93. The number of anilines is 1. The van der Waals surface area contributed by atoms with Crippen LogP contribution >= 0.6 is 0 Å². The first-order valence-corrected chi connectivity index (χ1v) is 12.2. The molecular formula is C29H35NO2. The molecule has 0 bridgehead atoms. The lowest BCUT2D eigenvalue weighted by Gasteiger charge is -2.53. The van der Waals surface area contributed by atoms with E-state index in [-0.39, 0.29) is 17.1 Å². The molecule has 1 aromatic rings. The number of aliphatic hydroxyl groups is 1. The first kappa shape index (κ1) is 21.5. The van der Waals surface area contributed by atoms with Crippen molar-refractivity contribution in [2.24, 2.45) is 17.3 Å². The fourth-order valence-electron chi connectivity index (χ4n) is 7.38. The van der Waals surface area contributed by atoms with E-state index < -0.39 is 5.60 Å². The van der Waals surface area contributed by atoms with Crippen LogP contribution in [0.5, 0.6) is 0 Å². The van der Waals surface area contributed by atoms with Crippen molar-refractivity contribution in [2.45, 2.75) is 70.3 Å². The Kier molecular flexibility index (Phi) is 5.13. The molecule has 0 spiro atoms. The quantitative estimate of drug-likeness (QED) is 0.640. The fourth-order valence-corrected chi connectivity index (χ4v) is 7.38. The Hall–Kier alpha value is -2.31. The number of carbonyl (C=O) groups excluding carboxylic acids is 1. The Morgan fingerprint density at radius 3 is 2.53 bits per heavy atom. The number of benzene rings is 1. The van der Waals surface area contributed by atoms with Crippen LogP contribution in [0.3, 0.4) is 0 Å². The third kappa shape index (κ3) is 3.11. The normalized spacial score (nSPS) is 35.8. The molecule has 4 aliphatic carbocycles. The van der Waals surface area contributed by atoms with Crippen LogP contribution in [0.4, 0.5) is 5.69 Å². The summed E-state index contributed by atoms with van der Waals surface area (Å²) in [6, 6.07) is 8.97. The minimum Gasteiger partial charge on any atom is -0.378 e. The minimum absolute atomic E-state index is 0.221. The molecule has 0 heterocycles. The van der Waals surface area contributed by atoms with Crippen molar-refractivity contribution in [1.82, 2.24) is 0 Å². The number of allylic oxidation sites excluding steroid dienone is 4. The van der Waals surface area contributed by atoms with Gasteiger partial charge in [0.15, 0.2) is 5.78 Å². The largest absolute Gasteiger partial charge is 0.378 e. The summed E-state index contributed by atoms with van der Waals surface area (Å²) in [5.74, 6) is 7.76. The summed E-state index contributed by atoms with van der Waals surface area (Å²) >= 11 is 0. The van der Waals surface area contributed by atoms with E-state index in [1.54, 1.807) is 5.57 Å². The van der Waals surface area contributed by atoms with Gasteiger partial charge in [0, 0.05) is 37.5 Å². The first-order valence-electron chi connectivity index (χ1n) is 12.2. The van der Waals surface area contributed by atoms with Crippen molar-refractivity contribution in [3.8, 4) is 11.8 Å². The lowest BCUT2D eigenvalue weighted by atomic mass is 9.51. The molecule has 1 aromatic carbocycles. The van der Waals surface area contributed by atoms with E-state index in [9.17, 15) is 9.90 Å². The molecule has 0 amide bonds. The summed E-state index contributed by atoms with van der Waals surface area (Å²) in [5.41, 5.74) is 5.71. The highest BCUT2D eigenvalue weighted by atomic mass is 16.3. The van der Waals surface area contributed by atoms with E-state index in [4.69, 9.17) is 0 Å². The van der Waals surface area contributed by atoms with Gasteiger partial charge in [-0.15, -0.1) is 5.92 Å². The van der Waals surface area contributed by atoms with Crippen molar-refractivity contribution in [3.63, 3.8) is 0 Å². The highest BCUT2D eigenvalue weighted by Crippen LogP contribution is 2.66. The van der Waals surface area contributed by atoms with E-state index >= 15 is 0 Å². The summed E-state index contributed by atoms with van der Waals surface area (Å²) in [7, 11) is 4.14. The summed E-state index contributed by atoms with van der Waals surface area (Å²) in [5, 5.41) is 11.7. The molecule has 32 heavy (non-hydrogen) atoms. The first-order chi connectivity index (χ1) is 15.3. The van der Waals surface area contributed by atoms with Crippen LogP contribution in [0.25, 0.3) is 0 Å². The maximum absolute atomic E-state index is 12.2. The van der Waals surface area contributed by atoms with Crippen molar-refractivity contribution in [1.29, 1.82) is 0 Å². The lowest BCUT2D eigenvalue weighted by Crippen LogP contribution is -2.51. The van der Waals surface area contributed by atoms with Gasteiger partial charge in [0.05, 0.1) is 0 Å². The van der Waals surface area contributed by atoms with Crippen LogP contribution < -0.4 is 4.90 Å². The average Bonchev–Trinajstić information content (AvgIpc) is 3.03. The smallest absolute Gasteiger partial charge is 0.156 e. The van der Waals surface area contributed by atoms with Gasteiger partial charge in [0.1, 0.15) is 5.60 Å². The molecule has 1 N–H and O–H groups in total. The van der Waals surface area contributed by atoms with Gasteiger partial charge < -0.3 is 10.0 Å². The van der Waals surface area contributed by atoms with Crippen LogP contribution in [0.1, 0.15) is 70.3 Å². The molecule has 5 atom stereocenters. The number of hydrogen-bond donors (Lipinski definition) is 1. The molecule has 0 aliphatic heterocycles. The maximum Gasteiger partial charge on any atom is 0.156 e. The monoisotopic (exact) mass is 429 g/mol. The summed E-state index contributed by atoms with van der Waals surface area (Å²) in [6.45, 7) is 4.15. The van der Waals surface area contributed by atoms with Gasteiger partial charge in [-0.05, 0) is 92.2 Å². The van der Waals surface area contributed by atoms with E-state index in [0.717, 1.165) is 38.5 Å². The Morgan fingerprint density at radius 1 is 1.09 bits per heavy atom. The molecule has 2 saturated carbocycles. The third-order valence-electron chi connectivity index (χ3n) is 9.03. The van der Waals surface area contributed by atoms with Gasteiger partial charge in [-0.2, -0.15) is 0 Å². The number of nitrogens with zero attached hydrogens (tertiary/aromatic N) is 1. The highest BCUT2D eigenvalue weighted by Gasteiger charge is 2.62. The molecule has 3 nitrogen and oxygen atoms in total. The van der Waals surface area contributed by atoms with Crippen LogP contribution in [0.2, 0.25) is 0 Å². The topological polar surface area (TPSA) is 40.5 Å². The standard InChI is InChI=1S/C29H35NO2/c1-5-15-29(32)16-14-26-24-12-8-20-17-22(31)11-13-23(20)27(24)25(18-28(26,29)2)19-6-9-21(10-7-19)30(3)4/h6-7,9-10,17,24-26,32H,8,11-14,16,18H2,1-4H3/t24-,25+,26-,28-,29+/m0/s1. The van der Waals surface area contributed by atoms with Gasteiger partial charge in [-0.25, -0.2) is 0 Å². The number of ketones is 1. The molecule has 168 valence electrons. The van der Waals surface area contributed by atoms with Gasteiger partial charge in [0.25, 0.3) is 0 Å². The van der Waals surface area contributed by atoms with Gasteiger partial charge in [-0.1, -0.05) is 30.6 Å². The Labute approximate surface area is 192 Å². The second-order valence-electron chi connectivity index (χ2n) is 10.8. The minimum atomic E-state index is -0.914. The molecule has 0 unspecified atom stereocenters. The zero-order chi connectivity index (χ0) is 22.7. The second kappa shape index (κ2) is 7.63. The third-order valence-corrected chi connectivity index (χ3v) is 9.03. The Morgan fingerprint density at radius 2 is 1.84 bits per heavy atom. The maximum atomic E-state index is 12.2. The lowest BCUT2D eigenvalue weighted by molar-refractivity contribution is -0.114. The van der Waals surface area contributed by atoms with E-state index in [0.29, 0.717) is 18.3 Å². The van der Waals surface area contributed by atoms with Gasteiger partial charge in [0.2, 0.25) is 0 Å². The van der Waals surface area contributed by atoms with Crippen molar-refractivity contribution in [2.75, 3.05) is 19.0 Å². The van der Waals surface area contributed by atoms with E-state index in [1.165, 1.54) is 22.4 Å². The molecular weight excluding hydrogens is 394 g/mol. The number of rotatable bonds is 2. The predicted octanol–water partition coefficient (Wildman–Crippen LogP) is 5.41. The molecule has 5 rings (SSSR count). The van der Waals surface area contributed by atoms with Crippen LogP contribution in [0, 0.1) is 29.1 Å². The number of hydrogen-bond acceptors (Lipinski definition) is 3. The molecule has 0 saturated heterocycles. The fraction of sp³-hybridized carbons (Fsp3) is 0.552. The summed E-state index contributed by atoms with van der Waals surface area (Å²) in [6.07, 6.45) is 8.23. The SMILES string of the molecule is CC#C[C@@]1(O)CC[C@H]2[C@@H]3CCC4=CC(=O)CCC4=C3[C@@H](c3ccc(N(C)C)cc3)C[C@@]21C. The zero-order valence-electron chi connectivity index (χ0n) is 19.9. The molecule has 3 heteroatoms. The zero-order valence-corrected chi connectivity index (χ0v) is 19.9. The average molecular weight is 430 g/mol. The van der Waals surface area contributed by atoms with Crippen molar-refractivity contribution < 1.29 is 9.90 Å². The van der Waals surface area contributed by atoms with Gasteiger partial charge in [-0.3, -0.25) is 4.79 Å². The second-order valence-corrected chi connectivity index (χ2v) is 10.8. The summed E-state index contributed by atoms with van der Waals surface area (Å²) < 4.78 is 0. The molecule has 2 fully saturated rings. The molecule has 0 radical (unpaired) electrons. The molecule has 4 aliphatic rings. The van der Waals surface area contributed by atoms with Crippen LogP contribution in [0.15, 0.2) is 47.1 Å². The van der Waals surface area contributed by atoms with E-state index in [2.05, 4.69) is 62.0 Å². The van der Waals surface area contributed by atoms with E-state index in [1.807, 2.05) is 13.0 Å². The number of fused-ring (bicyclic) bond motifs is 4. The van der Waals surface area contributed by atoms with Crippen LogP contribution in [-0.2, 0) is 4.79 Å².